The van der Waals surface area contributed by atoms with Crippen LogP contribution in [0.5, 0.6) is 0 Å². The molecule has 3 fully saturated rings. The second-order valence-electron chi connectivity index (χ2n) is 9.74. The molecule has 154 valence electrons. The molecule has 1 saturated heterocycles. The maximum Gasteiger partial charge on any atom is 0.222 e. The van der Waals surface area contributed by atoms with E-state index in [1.165, 1.54) is 37.7 Å². The molecule has 0 N–H and O–H groups in total. The van der Waals surface area contributed by atoms with Crippen molar-refractivity contribution in [3.05, 3.63) is 35.9 Å². The van der Waals surface area contributed by atoms with Crippen LogP contribution in [0.4, 0.5) is 0 Å². The van der Waals surface area contributed by atoms with Gasteiger partial charge in [-0.1, -0.05) is 30.3 Å². The Hall–Kier alpha value is -1.39. The number of methoxy groups -OCH3 is 1. The molecule has 1 spiro atoms. The molecule has 0 aromatic heterocycles. The van der Waals surface area contributed by atoms with Crippen LogP contribution < -0.4 is 0 Å². The molecule has 1 aliphatic heterocycles. The summed E-state index contributed by atoms with van der Waals surface area (Å²) in [5.41, 5.74) is 1.94. The summed E-state index contributed by atoms with van der Waals surface area (Å²) in [6.45, 7) is 1.91. The lowest BCUT2D eigenvalue weighted by Crippen LogP contribution is -2.47. The fraction of sp³-hybridized carbons (Fsp3) is 0.708. The summed E-state index contributed by atoms with van der Waals surface area (Å²) in [6.07, 6.45) is 9.74. The molecule has 4 rings (SSSR count). The van der Waals surface area contributed by atoms with Crippen LogP contribution in [0.25, 0.3) is 0 Å². The van der Waals surface area contributed by atoms with E-state index in [4.69, 9.17) is 4.74 Å². The van der Waals surface area contributed by atoms with E-state index in [9.17, 15) is 4.79 Å². The maximum atomic E-state index is 12.8. The minimum absolute atomic E-state index is 0.0267. The molecule has 2 saturated carbocycles. The second-order valence-corrected chi connectivity index (χ2v) is 9.74. The number of carbonyl (C=O) groups is 1. The lowest BCUT2D eigenvalue weighted by molar-refractivity contribution is -0.131. The Labute approximate surface area is 170 Å². The van der Waals surface area contributed by atoms with E-state index in [2.05, 4.69) is 54.2 Å². The third-order valence-electron chi connectivity index (χ3n) is 8.13. The number of benzene rings is 1. The summed E-state index contributed by atoms with van der Waals surface area (Å²) in [5.74, 6) is 0.340. The van der Waals surface area contributed by atoms with Gasteiger partial charge in [-0.2, -0.15) is 0 Å². The SMILES string of the molecule is COC1(CCC(=O)N2CCC3(CCC(c4ccccc4)(N(C)C)CC3)C2)CC1. The second kappa shape index (κ2) is 7.46. The molecule has 0 radical (unpaired) electrons. The van der Waals surface area contributed by atoms with E-state index >= 15 is 0 Å². The fourth-order valence-corrected chi connectivity index (χ4v) is 5.68. The van der Waals surface area contributed by atoms with Crippen molar-refractivity contribution in [2.75, 3.05) is 34.3 Å². The van der Waals surface area contributed by atoms with Crippen molar-refractivity contribution in [2.45, 2.75) is 68.9 Å². The van der Waals surface area contributed by atoms with Gasteiger partial charge in [0.05, 0.1) is 5.60 Å². The zero-order chi connectivity index (χ0) is 19.8. The first-order valence-electron chi connectivity index (χ1n) is 11.0. The quantitative estimate of drug-likeness (QED) is 0.737. The Morgan fingerprint density at radius 2 is 1.71 bits per heavy atom. The van der Waals surface area contributed by atoms with E-state index in [0.717, 1.165) is 32.4 Å². The number of nitrogens with zero attached hydrogens (tertiary/aromatic N) is 2. The van der Waals surface area contributed by atoms with Crippen molar-refractivity contribution in [1.29, 1.82) is 0 Å². The highest BCUT2D eigenvalue weighted by atomic mass is 16.5. The normalized spacial score (nSPS) is 31.5. The van der Waals surface area contributed by atoms with Crippen molar-refractivity contribution in [1.82, 2.24) is 9.80 Å². The van der Waals surface area contributed by atoms with Gasteiger partial charge in [-0.25, -0.2) is 0 Å². The van der Waals surface area contributed by atoms with Gasteiger partial charge in [-0.15, -0.1) is 0 Å². The average Bonchev–Trinajstić information content (AvgIpc) is 3.40. The number of hydrogen-bond acceptors (Lipinski definition) is 3. The number of rotatable bonds is 6. The first-order valence-corrected chi connectivity index (χ1v) is 11.0. The molecule has 1 amide bonds. The van der Waals surface area contributed by atoms with Crippen LogP contribution in [0.2, 0.25) is 0 Å². The van der Waals surface area contributed by atoms with E-state index in [1.54, 1.807) is 7.11 Å². The molecule has 1 aromatic rings. The first-order chi connectivity index (χ1) is 13.4. The van der Waals surface area contributed by atoms with Crippen LogP contribution in [-0.2, 0) is 15.1 Å². The average molecular weight is 385 g/mol. The van der Waals surface area contributed by atoms with E-state index in [1.807, 2.05) is 0 Å². The molecule has 1 heterocycles. The largest absolute Gasteiger partial charge is 0.378 e. The van der Waals surface area contributed by atoms with Crippen molar-refractivity contribution >= 4 is 5.91 Å². The number of ether oxygens (including phenoxy) is 1. The molecule has 0 unspecified atom stereocenters. The predicted molar refractivity (Wildman–Crippen MR) is 112 cm³/mol. The van der Waals surface area contributed by atoms with Crippen LogP contribution in [0.3, 0.4) is 0 Å². The molecule has 1 aromatic carbocycles. The zero-order valence-electron chi connectivity index (χ0n) is 17.9. The van der Waals surface area contributed by atoms with Crippen molar-refractivity contribution < 1.29 is 9.53 Å². The highest BCUT2D eigenvalue weighted by Crippen LogP contribution is 2.52. The Morgan fingerprint density at radius 1 is 1.04 bits per heavy atom. The number of hydrogen-bond donors (Lipinski definition) is 0. The molecule has 28 heavy (non-hydrogen) atoms. The number of likely N-dealkylation sites (tertiary alicyclic amines) is 1. The van der Waals surface area contributed by atoms with E-state index in [0.29, 0.717) is 17.7 Å². The standard InChI is InChI=1S/C24H36N2O2/c1-25(2)24(20-7-5-4-6-8-20)15-11-22(12-16-24)17-18-26(19-22)21(27)9-10-23(28-3)13-14-23/h4-8H,9-19H2,1-3H3. The third kappa shape index (κ3) is 3.61. The van der Waals surface area contributed by atoms with Crippen LogP contribution >= 0.6 is 0 Å². The Balaban J connectivity index is 1.37. The Morgan fingerprint density at radius 3 is 2.29 bits per heavy atom. The van der Waals surface area contributed by atoms with Gasteiger partial charge in [0, 0.05) is 32.2 Å². The summed E-state index contributed by atoms with van der Waals surface area (Å²) < 4.78 is 5.58. The van der Waals surface area contributed by atoms with Gasteiger partial charge in [-0.05, 0) is 76.4 Å². The summed E-state index contributed by atoms with van der Waals surface area (Å²) in [5, 5.41) is 0. The number of carbonyl (C=O) groups excluding carboxylic acids is 1. The van der Waals surface area contributed by atoms with Gasteiger partial charge in [-0.3, -0.25) is 9.69 Å². The monoisotopic (exact) mass is 384 g/mol. The van der Waals surface area contributed by atoms with Crippen LogP contribution in [0.15, 0.2) is 30.3 Å². The van der Waals surface area contributed by atoms with E-state index in [-0.39, 0.29) is 11.1 Å². The molecule has 3 aliphatic rings. The highest BCUT2D eigenvalue weighted by Gasteiger charge is 2.49. The smallest absolute Gasteiger partial charge is 0.222 e. The van der Waals surface area contributed by atoms with Gasteiger partial charge >= 0.3 is 0 Å². The first kappa shape index (κ1) is 19.9. The Bertz CT molecular complexity index is 688. The van der Waals surface area contributed by atoms with Crippen molar-refractivity contribution in [3.8, 4) is 0 Å². The fourth-order valence-electron chi connectivity index (χ4n) is 5.68. The third-order valence-corrected chi connectivity index (χ3v) is 8.13. The lowest BCUT2D eigenvalue weighted by atomic mass is 9.64. The van der Waals surface area contributed by atoms with Gasteiger partial charge in [0.15, 0.2) is 0 Å². The van der Waals surface area contributed by atoms with E-state index < -0.39 is 0 Å². The van der Waals surface area contributed by atoms with Gasteiger partial charge in [0.1, 0.15) is 0 Å². The molecular weight excluding hydrogens is 348 g/mol. The summed E-state index contributed by atoms with van der Waals surface area (Å²) in [6, 6.07) is 11.0. The van der Waals surface area contributed by atoms with Gasteiger partial charge < -0.3 is 9.64 Å². The Kier molecular flexibility index (Phi) is 5.30. The van der Waals surface area contributed by atoms with Crippen LogP contribution in [0.1, 0.15) is 63.4 Å². The van der Waals surface area contributed by atoms with Gasteiger partial charge in [0.2, 0.25) is 5.91 Å². The number of amides is 1. The molecule has 4 nitrogen and oxygen atoms in total. The predicted octanol–water partition coefficient (Wildman–Crippen LogP) is 4.20. The topological polar surface area (TPSA) is 32.8 Å². The van der Waals surface area contributed by atoms with Crippen LogP contribution in [0, 0.1) is 5.41 Å². The molecule has 2 aliphatic carbocycles. The summed E-state index contributed by atoms with van der Waals surface area (Å²) in [4.78, 5) is 17.4. The summed E-state index contributed by atoms with van der Waals surface area (Å²) in [7, 11) is 6.23. The summed E-state index contributed by atoms with van der Waals surface area (Å²) >= 11 is 0. The van der Waals surface area contributed by atoms with Crippen molar-refractivity contribution in [3.63, 3.8) is 0 Å². The molecule has 0 bridgehead atoms. The molecule has 0 atom stereocenters. The highest BCUT2D eigenvalue weighted by molar-refractivity contribution is 5.76. The minimum Gasteiger partial charge on any atom is -0.378 e. The zero-order valence-corrected chi connectivity index (χ0v) is 17.9. The van der Waals surface area contributed by atoms with Crippen molar-refractivity contribution in [2.24, 2.45) is 5.41 Å². The minimum atomic E-state index is 0.0267. The molecule has 4 heteroatoms. The molecular formula is C24H36N2O2. The lowest BCUT2D eigenvalue weighted by Gasteiger charge is -2.49. The maximum absolute atomic E-state index is 12.8. The van der Waals surface area contributed by atoms with Crippen LogP contribution in [-0.4, -0.2) is 55.6 Å². The van der Waals surface area contributed by atoms with Gasteiger partial charge in [0.25, 0.3) is 0 Å².